The zero-order chi connectivity index (χ0) is 22.5. The Bertz CT molecular complexity index is 1120. The fraction of sp³-hybridized carbons (Fsp3) is 0.400. The summed E-state index contributed by atoms with van der Waals surface area (Å²) in [6, 6.07) is 17.8. The van der Waals surface area contributed by atoms with Crippen LogP contribution < -0.4 is 10.5 Å². The average molecular weight is 451 g/mol. The predicted octanol–water partition coefficient (Wildman–Crippen LogP) is 4.03. The van der Waals surface area contributed by atoms with E-state index in [0.29, 0.717) is 35.7 Å². The Morgan fingerprint density at radius 2 is 1.72 bits per heavy atom. The number of amides is 1. The molecule has 0 saturated carbocycles. The van der Waals surface area contributed by atoms with E-state index in [1.165, 1.54) is 17.4 Å². The highest BCUT2D eigenvalue weighted by atomic mass is 32.2. The van der Waals surface area contributed by atoms with E-state index >= 15 is 0 Å². The van der Waals surface area contributed by atoms with Gasteiger partial charge in [-0.3, -0.25) is 14.2 Å². The lowest BCUT2D eigenvalue weighted by atomic mass is 10.2. The molecule has 7 heteroatoms. The van der Waals surface area contributed by atoms with Gasteiger partial charge in [0.05, 0.1) is 16.2 Å². The van der Waals surface area contributed by atoms with Gasteiger partial charge in [-0.2, -0.15) is 0 Å². The predicted molar refractivity (Wildman–Crippen MR) is 131 cm³/mol. The number of fused-ring (bicyclic) bond motifs is 1. The summed E-state index contributed by atoms with van der Waals surface area (Å²) in [4.78, 5) is 35.3. The second-order valence-corrected chi connectivity index (χ2v) is 9.44. The minimum absolute atomic E-state index is 0.0253. The fourth-order valence-corrected chi connectivity index (χ4v) is 5.06. The van der Waals surface area contributed by atoms with Gasteiger partial charge in [-0.1, -0.05) is 55.4 Å². The van der Waals surface area contributed by atoms with Crippen molar-refractivity contribution in [1.82, 2.24) is 14.5 Å². The zero-order valence-electron chi connectivity index (χ0n) is 18.7. The van der Waals surface area contributed by atoms with Crippen molar-refractivity contribution in [3.63, 3.8) is 0 Å². The van der Waals surface area contributed by atoms with Crippen LogP contribution in [0, 0.1) is 0 Å². The Hall–Kier alpha value is -2.80. The number of hydrogen-bond acceptors (Lipinski definition) is 5. The molecule has 168 valence electrons. The highest BCUT2D eigenvalue weighted by Gasteiger charge is 2.27. The van der Waals surface area contributed by atoms with Crippen molar-refractivity contribution >= 4 is 34.3 Å². The molecule has 1 aromatic heterocycles. The van der Waals surface area contributed by atoms with Gasteiger partial charge in [0.25, 0.3) is 5.56 Å². The van der Waals surface area contributed by atoms with Gasteiger partial charge in [-0.05, 0) is 37.6 Å². The van der Waals surface area contributed by atoms with Gasteiger partial charge in [0, 0.05) is 38.4 Å². The first-order chi connectivity index (χ1) is 15.6. The van der Waals surface area contributed by atoms with Gasteiger partial charge in [-0.25, -0.2) is 4.98 Å². The third-order valence-corrected chi connectivity index (χ3v) is 6.98. The summed E-state index contributed by atoms with van der Waals surface area (Å²) in [5.74, 6) is 0.104. The minimum Gasteiger partial charge on any atom is -0.368 e. The molecule has 1 atom stereocenters. The van der Waals surface area contributed by atoms with Gasteiger partial charge in [0.15, 0.2) is 5.16 Å². The van der Waals surface area contributed by atoms with Gasteiger partial charge in [0.1, 0.15) is 0 Å². The number of thioether (sulfide) groups is 1. The van der Waals surface area contributed by atoms with Gasteiger partial charge in [0.2, 0.25) is 5.91 Å². The summed E-state index contributed by atoms with van der Waals surface area (Å²) in [7, 11) is 0. The molecule has 32 heavy (non-hydrogen) atoms. The van der Waals surface area contributed by atoms with Crippen LogP contribution in [0.25, 0.3) is 10.9 Å². The average Bonchev–Trinajstić information content (AvgIpc) is 2.84. The van der Waals surface area contributed by atoms with E-state index in [9.17, 15) is 9.59 Å². The highest BCUT2D eigenvalue weighted by Crippen LogP contribution is 2.25. The Balaban J connectivity index is 1.48. The Morgan fingerprint density at radius 3 is 2.44 bits per heavy atom. The van der Waals surface area contributed by atoms with Crippen LogP contribution in [0.4, 0.5) is 5.69 Å². The zero-order valence-corrected chi connectivity index (χ0v) is 19.6. The van der Waals surface area contributed by atoms with E-state index in [1.54, 1.807) is 4.57 Å². The Labute approximate surface area is 193 Å². The van der Waals surface area contributed by atoms with E-state index < -0.39 is 0 Å². The van der Waals surface area contributed by atoms with Crippen LogP contribution in [0.1, 0.15) is 26.7 Å². The third-order valence-electron chi connectivity index (χ3n) is 5.90. The molecular weight excluding hydrogens is 420 g/mol. The van der Waals surface area contributed by atoms with Crippen molar-refractivity contribution in [3.8, 4) is 0 Å². The number of carbonyl (C=O) groups is 1. The third kappa shape index (κ3) is 4.83. The van der Waals surface area contributed by atoms with Crippen molar-refractivity contribution in [1.29, 1.82) is 0 Å². The molecule has 0 bridgehead atoms. The first kappa shape index (κ1) is 22.4. The van der Waals surface area contributed by atoms with Gasteiger partial charge < -0.3 is 9.80 Å². The van der Waals surface area contributed by atoms with Crippen LogP contribution >= 0.6 is 11.8 Å². The molecule has 1 saturated heterocycles. The van der Waals surface area contributed by atoms with E-state index in [4.69, 9.17) is 4.98 Å². The molecule has 0 aliphatic carbocycles. The monoisotopic (exact) mass is 450 g/mol. The molecule has 0 radical (unpaired) electrons. The molecule has 0 spiro atoms. The van der Waals surface area contributed by atoms with Crippen molar-refractivity contribution in [2.75, 3.05) is 31.1 Å². The van der Waals surface area contributed by atoms with Crippen LogP contribution in [0.15, 0.2) is 64.5 Å². The molecule has 1 aliphatic rings. The van der Waals surface area contributed by atoms with Crippen LogP contribution in [0.3, 0.4) is 0 Å². The summed E-state index contributed by atoms with van der Waals surface area (Å²) in [5, 5.41) is 0.953. The topological polar surface area (TPSA) is 58.4 Å². The molecule has 3 aromatic rings. The van der Waals surface area contributed by atoms with Crippen LogP contribution in [-0.2, 0) is 11.3 Å². The number of aromatic nitrogens is 2. The number of piperazine rings is 1. The van der Waals surface area contributed by atoms with E-state index in [1.807, 2.05) is 54.3 Å². The second-order valence-electron chi connectivity index (χ2n) is 8.13. The summed E-state index contributed by atoms with van der Waals surface area (Å²) in [5.41, 5.74) is 1.86. The van der Waals surface area contributed by atoms with E-state index in [0.717, 1.165) is 25.9 Å². The molecule has 1 unspecified atom stereocenters. The van der Waals surface area contributed by atoms with E-state index in [2.05, 4.69) is 24.0 Å². The standard InChI is InChI=1S/C25H30N4O2S/c1-3-4-14-29-24(31)21-12-8-9-13-22(21)26-25(29)32-19(2)23(30)28-17-15-27(16-18-28)20-10-6-5-7-11-20/h5-13,19H,3-4,14-18H2,1-2H3. The molecule has 1 fully saturated rings. The minimum atomic E-state index is -0.306. The molecular formula is C25H30N4O2S. The van der Waals surface area contributed by atoms with Crippen LogP contribution in [-0.4, -0.2) is 51.8 Å². The van der Waals surface area contributed by atoms with Crippen LogP contribution in [0.2, 0.25) is 0 Å². The summed E-state index contributed by atoms with van der Waals surface area (Å²) < 4.78 is 1.74. The smallest absolute Gasteiger partial charge is 0.262 e. The van der Waals surface area contributed by atoms with Crippen molar-refractivity contribution < 1.29 is 4.79 Å². The van der Waals surface area contributed by atoms with E-state index in [-0.39, 0.29) is 16.7 Å². The number of nitrogens with zero attached hydrogens (tertiary/aromatic N) is 4. The summed E-state index contributed by atoms with van der Waals surface area (Å²) >= 11 is 1.40. The number of rotatable bonds is 7. The van der Waals surface area contributed by atoms with Crippen LogP contribution in [0.5, 0.6) is 0 Å². The molecule has 2 aromatic carbocycles. The maximum Gasteiger partial charge on any atom is 0.262 e. The first-order valence-corrected chi connectivity index (χ1v) is 12.2. The van der Waals surface area contributed by atoms with Crippen molar-refractivity contribution in [2.24, 2.45) is 0 Å². The molecule has 4 rings (SSSR count). The lowest BCUT2D eigenvalue weighted by Crippen LogP contribution is -2.50. The molecule has 1 aliphatic heterocycles. The van der Waals surface area contributed by atoms with Crippen molar-refractivity contribution in [3.05, 3.63) is 65.0 Å². The number of unbranched alkanes of at least 4 members (excludes halogenated alkanes) is 1. The quantitative estimate of drug-likeness (QED) is 0.402. The number of para-hydroxylation sites is 2. The second kappa shape index (κ2) is 10.2. The van der Waals surface area contributed by atoms with Gasteiger partial charge >= 0.3 is 0 Å². The highest BCUT2D eigenvalue weighted by molar-refractivity contribution is 8.00. The number of anilines is 1. The fourth-order valence-electron chi connectivity index (χ4n) is 4.04. The Morgan fingerprint density at radius 1 is 1.03 bits per heavy atom. The molecule has 6 nitrogen and oxygen atoms in total. The summed E-state index contributed by atoms with van der Waals surface area (Å²) in [6.07, 6.45) is 1.89. The molecule has 0 N–H and O–H groups in total. The lowest BCUT2D eigenvalue weighted by Gasteiger charge is -2.37. The maximum atomic E-state index is 13.2. The van der Waals surface area contributed by atoms with Crippen molar-refractivity contribution in [2.45, 2.75) is 43.6 Å². The largest absolute Gasteiger partial charge is 0.368 e. The maximum absolute atomic E-state index is 13.2. The normalized spacial score (nSPS) is 15.2. The summed E-state index contributed by atoms with van der Waals surface area (Å²) in [6.45, 7) is 7.69. The molecule has 1 amide bonds. The number of benzene rings is 2. The number of carbonyl (C=O) groups excluding carboxylic acids is 1. The SMILES string of the molecule is CCCCn1c(SC(C)C(=O)N2CCN(c3ccccc3)CC2)nc2ccccc2c1=O. The lowest BCUT2D eigenvalue weighted by molar-refractivity contribution is -0.130. The molecule has 2 heterocycles. The number of hydrogen-bond donors (Lipinski definition) is 0. The Kier molecular flexibility index (Phi) is 7.15. The first-order valence-electron chi connectivity index (χ1n) is 11.3. The van der Waals surface area contributed by atoms with Gasteiger partial charge in [-0.15, -0.1) is 0 Å².